The highest BCUT2D eigenvalue weighted by Gasteiger charge is 2.18. The van der Waals surface area contributed by atoms with Crippen LogP contribution in [-0.2, 0) is 4.74 Å². The van der Waals surface area contributed by atoms with Crippen LogP contribution < -0.4 is 10.9 Å². The number of aryl methyl sites for hydroxylation is 1. The van der Waals surface area contributed by atoms with E-state index in [-0.39, 0.29) is 24.4 Å². The molecule has 1 amide bonds. The summed E-state index contributed by atoms with van der Waals surface area (Å²) in [6.45, 7) is 1.89. The number of rotatable bonds is 7. The van der Waals surface area contributed by atoms with E-state index in [0.29, 0.717) is 11.3 Å². The van der Waals surface area contributed by atoms with Gasteiger partial charge in [-0.1, -0.05) is 35.9 Å². The van der Waals surface area contributed by atoms with Crippen molar-refractivity contribution in [2.24, 2.45) is 0 Å². The summed E-state index contributed by atoms with van der Waals surface area (Å²) in [5.41, 5.74) is 1.44. The summed E-state index contributed by atoms with van der Waals surface area (Å²) in [5, 5.41) is 16.6. The quantitative estimate of drug-likeness (QED) is 0.621. The van der Waals surface area contributed by atoms with Crippen molar-refractivity contribution in [2.45, 2.75) is 13.0 Å². The Hall–Kier alpha value is -3.36. The molecule has 2 N–H and O–H groups in total. The summed E-state index contributed by atoms with van der Waals surface area (Å²) in [7, 11) is 1.43. The molecule has 7 nitrogen and oxygen atoms in total. The smallest absolute Gasteiger partial charge is 0.284 e. The number of methoxy groups -OCH3 is 1. The molecule has 0 saturated heterocycles. The molecular weight excluding hydrogens is 389 g/mol. The molecule has 0 aliphatic heterocycles. The molecule has 0 fully saturated rings. The minimum absolute atomic E-state index is 0.0404. The second-order valence-corrected chi connectivity index (χ2v) is 6.83. The summed E-state index contributed by atoms with van der Waals surface area (Å²) in [6, 6.07) is 14.2. The Labute approximate surface area is 172 Å². The third kappa shape index (κ3) is 4.97. The normalized spacial score (nSPS) is 11.9. The summed E-state index contributed by atoms with van der Waals surface area (Å²) >= 11 is 0. The van der Waals surface area contributed by atoms with Crippen molar-refractivity contribution in [3.8, 4) is 16.9 Å². The molecule has 0 unspecified atom stereocenters. The molecule has 2 aromatic carbocycles. The lowest BCUT2D eigenvalue weighted by atomic mass is 10.1. The van der Waals surface area contributed by atoms with Crippen LogP contribution in [0.5, 0.6) is 0 Å². The Morgan fingerprint density at radius 2 is 1.97 bits per heavy atom. The number of nitrogens with one attached hydrogen (secondary N) is 1. The molecule has 0 spiro atoms. The highest BCUT2D eigenvalue weighted by Crippen LogP contribution is 2.19. The summed E-state index contributed by atoms with van der Waals surface area (Å²) in [4.78, 5) is 25.6. The first-order chi connectivity index (χ1) is 14.4. The van der Waals surface area contributed by atoms with Crippen LogP contribution in [0.3, 0.4) is 0 Å². The molecule has 8 heteroatoms. The van der Waals surface area contributed by atoms with E-state index in [1.165, 1.54) is 31.4 Å². The predicted molar refractivity (Wildman–Crippen MR) is 110 cm³/mol. The van der Waals surface area contributed by atoms with E-state index >= 15 is 0 Å². The van der Waals surface area contributed by atoms with E-state index in [0.717, 1.165) is 16.3 Å². The average Bonchev–Trinajstić information content (AvgIpc) is 2.73. The van der Waals surface area contributed by atoms with Crippen LogP contribution in [0.2, 0.25) is 0 Å². The second-order valence-electron chi connectivity index (χ2n) is 6.83. The topological polar surface area (TPSA) is 93.4 Å². The Bertz CT molecular complexity index is 1100. The first-order valence-corrected chi connectivity index (χ1v) is 9.31. The fraction of sp³-hybridized carbons (Fsp3) is 0.227. The first-order valence-electron chi connectivity index (χ1n) is 9.31. The van der Waals surface area contributed by atoms with Crippen LogP contribution in [-0.4, -0.2) is 47.2 Å². The van der Waals surface area contributed by atoms with Crippen LogP contribution in [0.15, 0.2) is 59.4 Å². The van der Waals surface area contributed by atoms with E-state index in [4.69, 9.17) is 4.74 Å². The van der Waals surface area contributed by atoms with Gasteiger partial charge < -0.3 is 15.2 Å². The maximum atomic E-state index is 13.7. The maximum absolute atomic E-state index is 13.7. The Kier molecular flexibility index (Phi) is 6.71. The number of nitrogens with zero attached hydrogens (tertiary/aromatic N) is 2. The molecule has 0 aliphatic rings. The third-order valence-electron chi connectivity index (χ3n) is 4.41. The lowest BCUT2D eigenvalue weighted by Gasteiger charge is -2.13. The monoisotopic (exact) mass is 411 g/mol. The lowest BCUT2D eigenvalue weighted by molar-refractivity contribution is 0.0609. The van der Waals surface area contributed by atoms with Gasteiger partial charge in [-0.3, -0.25) is 9.59 Å². The minimum Gasteiger partial charge on any atom is -0.389 e. The zero-order valence-corrected chi connectivity index (χ0v) is 16.6. The van der Waals surface area contributed by atoms with Gasteiger partial charge in [0.2, 0.25) is 0 Å². The Morgan fingerprint density at radius 1 is 1.23 bits per heavy atom. The summed E-state index contributed by atoms with van der Waals surface area (Å²) in [5.74, 6) is -1.20. The molecule has 1 atom stereocenters. The van der Waals surface area contributed by atoms with Crippen molar-refractivity contribution in [1.29, 1.82) is 0 Å². The van der Waals surface area contributed by atoms with E-state index in [1.807, 2.05) is 31.2 Å². The van der Waals surface area contributed by atoms with Crippen molar-refractivity contribution in [1.82, 2.24) is 15.1 Å². The average molecular weight is 411 g/mol. The highest BCUT2D eigenvalue weighted by atomic mass is 19.1. The van der Waals surface area contributed by atoms with E-state index in [1.54, 1.807) is 0 Å². The van der Waals surface area contributed by atoms with Gasteiger partial charge in [-0.2, -0.15) is 9.78 Å². The van der Waals surface area contributed by atoms with Crippen LogP contribution in [0.1, 0.15) is 15.9 Å². The molecule has 156 valence electrons. The van der Waals surface area contributed by atoms with E-state index < -0.39 is 23.4 Å². The zero-order valence-electron chi connectivity index (χ0n) is 16.6. The zero-order chi connectivity index (χ0) is 21.7. The number of carbonyl (C=O) groups excluding carboxylic acids is 1. The molecule has 0 bridgehead atoms. The number of hydrogen-bond donors (Lipinski definition) is 2. The van der Waals surface area contributed by atoms with Crippen molar-refractivity contribution >= 4 is 5.91 Å². The predicted octanol–water partition coefficient (Wildman–Crippen LogP) is 2.08. The van der Waals surface area contributed by atoms with E-state index in [2.05, 4.69) is 10.4 Å². The molecule has 0 radical (unpaired) electrons. The van der Waals surface area contributed by atoms with Crippen molar-refractivity contribution in [2.75, 3.05) is 20.3 Å². The van der Waals surface area contributed by atoms with Gasteiger partial charge in [-0.25, -0.2) is 4.39 Å². The maximum Gasteiger partial charge on any atom is 0.284 e. The molecular formula is C22H22FN3O4. The van der Waals surface area contributed by atoms with Gasteiger partial charge in [-0.15, -0.1) is 0 Å². The molecule has 3 aromatic rings. The summed E-state index contributed by atoms with van der Waals surface area (Å²) < 4.78 is 19.6. The number of amides is 1. The van der Waals surface area contributed by atoms with Gasteiger partial charge in [0.25, 0.3) is 11.5 Å². The van der Waals surface area contributed by atoms with Gasteiger partial charge in [0.15, 0.2) is 0 Å². The van der Waals surface area contributed by atoms with Crippen LogP contribution >= 0.6 is 0 Å². The van der Waals surface area contributed by atoms with Crippen molar-refractivity contribution < 1.29 is 19.0 Å². The highest BCUT2D eigenvalue weighted by molar-refractivity contribution is 5.94. The fourth-order valence-electron chi connectivity index (χ4n) is 2.86. The Balaban J connectivity index is 2.07. The lowest BCUT2D eigenvalue weighted by Crippen LogP contribution is -2.38. The minimum atomic E-state index is -0.914. The van der Waals surface area contributed by atoms with Gasteiger partial charge in [0.05, 0.1) is 24.1 Å². The van der Waals surface area contributed by atoms with Crippen LogP contribution in [0.4, 0.5) is 4.39 Å². The molecule has 1 aromatic heterocycles. The Morgan fingerprint density at radius 3 is 2.63 bits per heavy atom. The number of carbonyl (C=O) groups is 1. The summed E-state index contributed by atoms with van der Waals surface area (Å²) in [6.07, 6.45) is -0.914. The first kappa shape index (κ1) is 21.4. The largest absolute Gasteiger partial charge is 0.389 e. The van der Waals surface area contributed by atoms with Gasteiger partial charge in [0.1, 0.15) is 11.4 Å². The van der Waals surface area contributed by atoms with Gasteiger partial charge >= 0.3 is 0 Å². The van der Waals surface area contributed by atoms with Crippen molar-refractivity contribution in [3.05, 3.63) is 81.9 Å². The molecule has 0 saturated carbocycles. The number of benzene rings is 2. The third-order valence-corrected chi connectivity index (χ3v) is 4.41. The van der Waals surface area contributed by atoms with Crippen LogP contribution in [0, 0.1) is 12.7 Å². The van der Waals surface area contributed by atoms with Gasteiger partial charge in [0, 0.05) is 19.2 Å². The number of hydrogen-bond acceptors (Lipinski definition) is 5. The fourth-order valence-corrected chi connectivity index (χ4v) is 2.86. The number of ether oxygens (including phenoxy) is 1. The second kappa shape index (κ2) is 9.43. The number of halogens is 1. The van der Waals surface area contributed by atoms with Crippen LogP contribution in [0.25, 0.3) is 16.9 Å². The van der Waals surface area contributed by atoms with E-state index in [9.17, 15) is 19.1 Å². The molecule has 0 aliphatic carbocycles. The molecule has 30 heavy (non-hydrogen) atoms. The number of aliphatic hydroxyl groups is 1. The molecule has 1 heterocycles. The number of aromatic nitrogens is 2. The SMILES string of the molecule is COC[C@H](O)CNC(=O)c1cc(-c2ccc(C)cc2)nn(-c2cccc(F)c2)c1=O. The number of aliphatic hydroxyl groups excluding tert-OH is 1. The molecule has 3 rings (SSSR count). The van der Waals surface area contributed by atoms with Gasteiger partial charge in [-0.05, 0) is 31.2 Å². The standard InChI is InChI=1S/C22H22FN3O4/c1-14-6-8-15(9-7-14)20-11-19(21(28)24-12-18(27)13-30-2)22(29)26(25-20)17-5-3-4-16(23)10-17/h3-11,18,27H,12-13H2,1-2H3,(H,24,28)/t18-/m1/s1. The van der Waals surface area contributed by atoms with Crippen molar-refractivity contribution in [3.63, 3.8) is 0 Å².